The van der Waals surface area contributed by atoms with Gasteiger partial charge in [-0.25, -0.2) is 0 Å². The maximum atomic E-state index is 9.28. The van der Waals surface area contributed by atoms with E-state index in [1.165, 1.54) is 0 Å². The van der Waals surface area contributed by atoms with Gasteiger partial charge < -0.3 is 20.1 Å². The Morgan fingerprint density at radius 3 is 2.60 bits per heavy atom. The molecule has 1 atom stereocenters. The summed E-state index contributed by atoms with van der Waals surface area (Å²) < 4.78 is 5.80. The molecule has 1 aliphatic heterocycles. The van der Waals surface area contributed by atoms with E-state index in [1.807, 2.05) is 60.5 Å². The summed E-state index contributed by atoms with van der Waals surface area (Å²) in [7, 11) is 1.95. The van der Waals surface area contributed by atoms with Crippen molar-refractivity contribution in [1.82, 2.24) is 0 Å². The number of rotatable bonds is 3. The molecule has 20 heavy (non-hydrogen) atoms. The lowest BCUT2D eigenvalue weighted by Gasteiger charge is -2.19. The molecule has 2 aromatic rings. The van der Waals surface area contributed by atoms with Crippen LogP contribution < -0.4 is 15.0 Å². The number of aliphatic hydroxyl groups excluding tert-OH is 1. The molecule has 0 aliphatic carbocycles. The zero-order valence-electron chi connectivity index (χ0n) is 11.1. The highest BCUT2D eigenvalue weighted by Gasteiger charge is 2.25. The minimum absolute atomic E-state index is 0. The molecule has 1 heterocycles. The molecular weight excluding hydrogens is 276 g/mol. The molecule has 1 aliphatic rings. The number of para-hydroxylation sites is 1. The number of likely N-dealkylation sites (N-methyl/N-ethyl adjacent to an activating group) is 1. The van der Waals surface area contributed by atoms with Gasteiger partial charge in [-0.2, -0.15) is 0 Å². The lowest BCUT2D eigenvalue weighted by Crippen LogP contribution is -2.35. The molecule has 2 aromatic carbocycles. The van der Waals surface area contributed by atoms with Crippen molar-refractivity contribution in [2.24, 2.45) is 0 Å². The van der Waals surface area contributed by atoms with Gasteiger partial charge in [0.1, 0.15) is 17.7 Å². The number of hydrogen-bond donors (Lipinski definition) is 2. The van der Waals surface area contributed by atoms with E-state index in [0.717, 1.165) is 22.9 Å². The van der Waals surface area contributed by atoms with Crippen LogP contribution in [0.4, 0.5) is 11.4 Å². The minimum Gasteiger partial charge on any atom is -0.457 e. The Labute approximate surface area is 124 Å². The molecule has 106 valence electrons. The highest BCUT2D eigenvalue weighted by atomic mass is 35.5. The molecule has 0 amide bonds. The van der Waals surface area contributed by atoms with Crippen LogP contribution in [0.15, 0.2) is 48.5 Å². The summed E-state index contributed by atoms with van der Waals surface area (Å²) in [5, 5.41) is 12.5. The summed E-state index contributed by atoms with van der Waals surface area (Å²) in [4.78, 5) is 2.01. The molecule has 0 spiro atoms. The van der Waals surface area contributed by atoms with Gasteiger partial charge in [0.25, 0.3) is 0 Å². The first kappa shape index (κ1) is 14.5. The Kier molecular flexibility index (Phi) is 4.37. The van der Waals surface area contributed by atoms with E-state index in [9.17, 15) is 5.11 Å². The van der Waals surface area contributed by atoms with Gasteiger partial charge in [-0.1, -0.05) is 18.2 Å². The van der Waals surface area contributed by atoms with E-state index >= 15 is 0 Å². The Morgan fingerprint density at radius 1 is 1.15 bits per heavy atom. The fourth-order valence-corrected chi connectivity index (χ4v) is 2.23. The lowest BCUT2D eigenvalue weighted by molar-refractivity contribution is 0.276. The SMILES string of the molecule is CN1c2cc(Oc3ccccc3)ccc2NC1CO.Cl. The number of fused-ring (bicyclic) bond motifs is 1. The van der Waals surface area contributed by atoms with Crippen molar-refractivity contribution in [2.75, 3.05) is 23.9 Å². The summed E-state index contributed by atoms with van der Waals surface area (Å²) in [6, 6.07) is 15.6. The van der Waals surface area contributed by atoms with Crippen molar-refractivity contribution < 1.29 is 9.84 Å². The van der Waals surface area contributed by atoms with Gasteiger partial charge >= 0.3 is 0 Å². The third-order valence-electron chi connectivity index (χ3n) is 3.29. The predicted octanol–water partition coefficient (Wildman–Crippen LogP) is 3.08. The number of ether oxygens (including phenoxy) is 1. The van der Waals surface area contributed by atoms with Gasteiger partial charge in [-0.3, -0.25) is 0 Å². The Bertz CT molecular complexity index is 577. The van der Waals surface area contributed by atoms with E-state index < -0.39 is 0 Å². The van der Waals surface area contributed by atoms with E-state index in [-0.39, 0.29) is 25.2 Å². The molecule has 0 saturated heterocycles. The molecule has 0 aromatic heterocycles. The smallest absolute Gasteiger partial charge is 0.129 e. The summed E-state index contributed by atoms with van der Waals surface area (Å²) in [5.41, 5.74) is 2.05. The van der Waals surface area contributed by atoms with Crippen LogP contribution in [0.2, 0.25) is 0 Å². The van der Waals surface area contributed by atoms with E-state index in [4.69, 9.17) is 4.74 Å². The van der Waals surface area contributed by atoms with Crippen LogP contribution in [0, 0.1) is 0 Å². The van der Waals surface area contributed by atoms with Crippen LogP contribution >= 0.6 is 12.4 Å². The molecule has 3 rings (SSSR count). The van der Waals surface area contributed by atoms with Gasteiger partial charge in [0, 0.05) is 13.1 Å². The van der Waals surface area contributed by atoms with Crippen LogP contribution in [0.1, 0.15) is 0 Å². The number of benzene rings is 2. The first-order valence-corrected chi connectivity index (χ1v) is 6.25. The molecule has 0 saturated carbocycles. The molecule has 1 unspecified atom stereocenters. The summed E-state index contributed by atoms with van der Waals surface area (Å²) >= 11 is 0. The van der Waals surface area contributed by atoms with Gasteiger partial charge in [-0.15, -0.1) is 12.4 Å². The van der Waals surface area contributed by atoms with Crippen molar-refractivity contribution in [3.63, 3.8) is 0 Å². The number of halogens is 1. The fraction of sp³-hybridized carbons (Fsp3) is 0.200. The standard InChI is InChI=1S/C15H16N2O2.ClH/c1-17-14-9-12(19-11-5-3-2-4-6-11)7-8-13(14)16-15(17)10-18;/h2-9,15-16,18H,10H2,1H3;1H. The number of anilines is 2. The van der Waals surface area contributed by atoms with Crippen LogP contribution in [0.5, 0.6) is 11.5 Å². The van der Waals surface area contributed by atoms with Gasteiger partial charge in [0.15, 0.2) is 0 Å². The topological polar surface area (TPSA) is 44.7 Å². The van der Waals surface area contributed by atoms with Gasteiger partial charge in [-0.05, 0) is 24.3 Å². The minimum atomic E-state index is -0.0676. The monoisotopic (exact) mass is 292 g/mol. The zero-order valence-corrected chi connectivity index (χ0v) is 11.9. The maximum absolute atomic E-state index is 9.28. The molecule has 2 N–H and O–H groups in total. The van der Waals surface area contributed by atoms with E-state index in [1.54, 1.807) is 0 Å². The van der Waals surface area contributed by atoms with Crippen molar-refractivity contribution in [3.05, 3.63) is 48.5 Å². The predicted molar refractivity (Wildman–Crippen MR) is 83.1 cm³/mol. The van der Waals surface area contributed by atoms with Crippen LogP contribution in [-0.4, -0.2) is 24.9 Å². The first-order chi connectivity index (χ1) is 9.28. The lowest BCUT2D eigenvalue weighted by atomic mass is 10.2. The highest BCUT2D eigenvalue weighted by Crippen LogP contribution is 2.37. The molecule has 4 nitrogen and oxygen atoms in total. The van der Waals surface area contributed by atoms with E-state index in [0.29, 0.717) is 0 Å². The van der Waals surface area contributed by atoms with Crippen molar-refractivity contribution >= 4 is 23.8 Å². The number of aliphatic hydroxyl groups is 1. The Morgan fingerprint density at radius 2 is 1.90 bits per heavy atom. The maximum Gasteiger partial charge on any atom is 0.129 e. The largest absolute Gasteiger partial charge is 0.457 e. The van der Waals surface area contributed by atoms with Gasteiger partial charge in [0.05, 0.1) is 18.0 Å². The second kappa shape index (κ2) is 6.03. The third-order valence-corrected chi connectivity index (χ3v) is 3.29. The average molecular weight is 293 g/mol. The second-order valence-electron chi connectivity index (χ2n) is 4.55. The van der Waals surface area contributed by atoms with Crippen LogP contribution in [-0.2, 0) is 0 Å². The normalized spacial score (nSPS) is 16.1. The first-order valence-electron chi connectivity index (χ1n) is 6.25. The zero-order chi connectivity index (χ0) is 13.2. The number of nitrogens with one attached hydrogen (secondary N) is 1. The van der Waals surface area contributed by atoms with Crippen LogP contribution in [0.3, 0.4) is 0 Å². The van der Waals surface area contributed by atoms with Gasteiger partial charge in [0.2, 0.25) is 0 Å². The van der Waals surface area contributed by atoms with Crippen molar-refractivity contribution in [1.29, 1.82) is 0 Å². The molecule has 0 bridgehead atoms. The average Bonchev–Trinajstić information content (AvgIpc) is 2.77. The van der Waals surface area contributed by atoms with E-state index in [2.05, 4.69) is 5.32 Å². The summed E-state index contributed by atoms with van der Waals surface area (Å²) in [5.74, 6) is 1.60. The Balaban J connectivity index is 0.00000147. The summed E-state index contributed by atoms with van der Waals surface area (Å²) in [6.07, 6.45) is -0.0676. The molecule has 5 heteroatoms. The second-order valence-corrected chi connectivity index (χ2v) is 4.55. The number of nitrogens with zero attached hydrogens (tertiary/aromatic N) is 1. The number of hydrogen-bond acceptors (Lipinski definition) is 4. The molecule has 0 radical (unpaired) electrons. The van der Waals surface area contributed by atoms with Crippen molar-refractivity contribution in [2.45, 2.75) is 6.17 Å². The Hall–Kier alpha value is -1.91. The van der Waals surface area contributed by atoms with Crippen molar-refractivity contribution in [3.8, 4) is 11.5 Å². The quantitative estimate of drug-likeness (QED) is 0.912. The van der Waals surface area contributed by atoms with Crippen LogP contribution in [0.25, 0.3) is 0 Å². The third kappa shape index (κ3) is 2.66. The highest BCUT2D eigenvalue weighted by molar-refractivity contribution is 5.85. The summed E-state index contributed by atoms with van der Waals surface area (Å²) in [6.45, 7) is 0.0695. The fourth-order valence-electron chi connectivity index (χ4n) is 2.23. The molecular formula is C15H17ClN2O2. The molecule has 0 fully saturated rings.